The quantitative estimate of drug-likeness (QED) is 0.876. The van der Waals surface area contributed by atoms with Gasteiger partial charge in [-0.25, -0.2) is 4.98 Å². The first-order valence-corrected chi connectivity index (χ1v) is 8.24. The number of anilines is 1. The van der Waals surface area contributed by atoms with Crippen LogP contribution in [0.4, 0.5) is 5.82 Å². The van der Waals surface area contributed by atoms with Gasteiger partial charge in [0.1, 0.15) is 5.82 Å². The number of nitrogens with one attached hydrogen (secondary N) is 1. The molecular formula is C16H27ClN4. The smallest absolute Gasteiger partial charge is 0.128 e. The van der Waals surface area contributed by atoms with E-state index < -0.39 is 0 Å². The number of nitrogen functional groups attached to an aromatic ring is 1. The highest BCUT2D eigenvalue weighted by atomic mass is 35.5. The molecule has 1 aromatic heterocycles. The largest absolute Gasteiger partial charge is 0.383 e. The Morgan fingerprint density at radius 2 is 2.10 bits per heavy atom. The predicted octanol–water partition coefficient (Wildman–Crippen LogP) is 3.23. The summed E-state index contributed by atoms with van der Waals surface area (Å²) in [5.74, 6) is 0.565. The summed E-state index contributed by atoms with van der Waals surface area (Å²) < 4.78 is 0. The molecule has 0 aromatic carbocycles. The number of hydrogen-bond donors (Lipinski definition) is 2. The molecule has 118 valence electrons. The second-order valence-corrected chi connectivity index (χ2v) is 6.54. The first-order chi connectivity index (χ1) is 10.0. The molecule has 2 heterocycles. The van der Waals surface area contributed by atoms with Crippen molar-refractivity contribution in [1.82, 2.24) is 15.2 Å². The molecule has 0 amide bonds. The molecule has 0 radical (unpaired) electrons. The zero-order chi connectivity index (χ0) is 15.5. The monoisotopic (exact) mass is 310 g/mol. The van der Waals surface area contributed by atoms with Crippen LogP contribution in [0.15, 0.2) is 12.3 Å². The minimum Gasteiger partial charge on any atom is -0.383 e. The molecule has 1 aliphatic heterocycles. The summed E-state index contributed by atoms with van der Waals surface area (Å²) in [5.41, 5.74) is 7.13. The van der Waals surface area contributed by atoms with Gasteiger partial charge in [0.05, 0.1) is 11.1 Å². The third-order valence-electron chi connectivity index (χ3n) is 4.93. The predicted molar refractivity (Wildman–Crippen MR) is 89.6 cm³/mol. The topological polar surface area (TPSA) is 54.2 Å². The Balaban J connectivity index is 2.38. The average Bonchev–Trinajstić information content (AvgIpc) is 2.52. The van der Waals surface area contributed by atoms with E-state index in [1.54, 1.807) is 6.20 Å². The van der Waals surface area contributed by atoms with Crippen molar-refractivity contribution in [2.45, 2.75) is 51.1 Å². The number of nitrogens with zero attached hydrogens (tertiary/aromatic N) is 2. The molecule has 3 N–H and O–H groups in total. The lowest BCUT2D eigenvalue weighted by Crippen LogP contribution is -2.55. The third-order valence-corrected chi connectivity index (χ3v) is 5.14. The maximum absolute atomic E-state index is 6.14. The Morgan fingerprint density at radius 1 is 1.43 bits per heavy atom. The third kappa shape index (κ3) is 3.33. The van der Waals surface area contributed by atoms with E-state index in [1.807, 2.05) is 13.1 Å². The SMILES string of the molecule is CCC(C)(C(NC)c1cc(Cl)cnc1N)N1CCCCC1. The minimum absolute atomic E-state index is 0.00958. The van der Waals surface area contributed by atoms with Crippen LogP contribution >= 0.6 is 11.6 Å². The van der Waals surface area contributed by atoms with Crippen molar-refractivity contribution in [1.29, 1.82) is 0 Å². The molecule has 2 unspecified atom stereocenters. The first-order valence-electron chi connectivity index (χ1n) is 7.86. The van der Waals surface area contributed by atoms with Crippen LogP contribution < -0.4 is 11.1 Å². The lowest BCUT2D eigenvalue weighted by atomic mass is 9.82. The minimum atomic E-state index is 0.00958. The number of likely N-dealkylation sites (N-methyl/N-ethyl adjacent to an activating group) is 1. The number of halogens is 1. The Kier molecular flexibility index (Phi) is 5.47. The number of piperidine rings is 1. The van der Waals surface area contributed by atoms with Crippen LogP contribution in [-0.4, -0.2) is 35.6 Å². The molecule has 2 rings (SSSR count). The summed E-state index contributed by atoms with van der Waals surface area (Å²) >= 11 is 6.14. The molecule has 1 aliphatic rings. The first kappa shape index (κ1) is 16.5. The van der Waals surface area contributed by atoms with Gasteiger partial charge in [-0.1, -0.05) is 24.9 Å². The summed E-state index contributed by atoms with van der Waals surface area (Å²) in [6.45, 7) is 6.86. The van der Waals surface area contributed by atoms with Crippen molar-refractivity contribution in [3.05, 3.63) is 22.8 Å². The van der Waals surface area contributed by atoms with Crippen molar-refractivity contribution >= 4 is 17.4 Å². The summed E-state index contributed by atoms with van der Waals surface area (Å²) in [6.07, 6.45) is 6.54. The molecule has 1 fully saturated rings. The van der Waals surface area contributed by atoms with Crippen LogP contribution in [0.3, 0.4) is 0 Å². The van der Waals surface area contributed by atoms with Crippen LogP contribution in [0.2, 0.25) is 5.02 Å². The summed E-state index contributed by atoms with van der Waals surface area (Å²) in [4.78, 5) is 6.82. The summed E-state index contributed by atoms with van der Waals surface area (Å²) in [7, 11) is 1.99. The van der Waals surface area contributed by atoms with Gasteiger partial charge in [-0.15, -0.1) is 0 Å². The van der Waals surface area contributed by atoms with E-state index in [2.05, 4.69) is 29.0 Å². The van der Waals surface area contributed by atoms with Gasteiger partial charge in [0, 0.05) is 17.3 Å². The van der Waals surface area contributed by atoms with E-state index in [1.165, 1.54) is 19.3 Å². The Labute approximate surface area is 133 Å². The fourth-order valence-electron chi connectivity index (χ4n) is 3.51. The van der Waals surface area contributed by atoms with Gasteiger partial charge in [-0.05, 0) is 52.4 Å². The number of pyridine rings is 1. The van der Waals surface area contributed by atoms with Crippen LogP contribution in [0.5, 0.6) is 0 Å². The number of hydrogen-bond acceptors (Lipinski definition) is 4. The number of nitrogens with two attached hydrogens (primary N) is 1. The van der Waals surface area contributed by atoms with Gasteiger partial charge >= 0.3 is 0 Å². The lowest BCUT2D eigenvalue weighted by molar-refractivity contribution is 0.0449. The zero-order valence-corrected chi connectivity index (χ0v) is 14.1. The highest BCUT2D eigenvalue weighted by Gasteiger charge is 2.39. The molecule has 0 bridgehead atoms. The maximum atomic E-state index is 6.14. The van der Waals surface area contributed by atoms with Crippen molar-refractivity contribution in [2.24, 2.45) is 0 Å². The highest BCUT2D eigenvalue weighted by molar-refractivity contribution is 6.30. The molecule has 0 aliphatic carbocycles. The molecule has 1 saturated heterocycles. The second-order valence-electron chi connectivity index (χ2n) is 6.11. The molecule has 21 heavy (non-hydrogen) atoms. The van der Waals surface area contributed by atoms with Gasteiger partial charge in [-0.3, -0.25) is 4.90 Å². The second kappa shape index (κ2) is 6.95. The van der Waals surface area contributed by atoms with E-state index in [9.17, 15) is 0 Å². The number of rotatable bonds is 5. The fourth-order valence-corrected chi connectivity index (χ4v) is 3.68. The standard InChI is InChI=1S/C16H27ClN4/c1-4-16(2,21-8-6-5-7-9-21)14(19-3)13-10-12(17)11-20-15(13)18/h10-11,14,19H,4-9H2,1-3H3,(H2,18,20). The summed E-state index contributed by atoms with van der Waals surface area (Å²) in [5, 5.41) is 4.09. The molecule has 0 spiro atoms. The van der Waals surface area contributed by atoms with Gasteiger partial charge < -0.3 is 11.1 Å². The summed E-state index contributed by atoms with van der Waals surface area (Å²) in [6, 6.07) is 2.06. The van der Waals surface area contributed by atoms with Crippen molar-refractivity contribution < 1.29 is 0 Å². The van der Waals surface area contributed by atoms with E-state index in [0.717, 1.165) is 25.1 Å². The number of likely N-dealkylation sites (tertiary alicyclic amines) is 1. The van der Waals surface area contributed by atoms with Gasteiger partial charge in [0.15, 0.2) is 0 Å². The Morgan fingerprint density at radius 3 is 2.67 bits per heavy atom. The zero-order valence-electron chi connectivity index (χ0n) is 13.3. The molecule has 0 saturated carbocycles. The normalized spacial score (nSPS) is 21.0. The van der Waals surface area contributed by atoms with E-state index in [-0.39, 0.29) is 11.6 Å². The highest BCUT2D eigenvalue weighted by Crippen LogP contribution is 2.38. The molecule has 1 aromatic rings. The lowest BCUT2D eigenvalue weighted by Gasteiger charge is -2.48. The Hall–Kier alpha value is -0.840. The Bertz CT molecular complexity index is 473. The maximum Gasteiger partial charge on any atom is 0.128 e. The van der Waals surface area contributed by atoms with Crippen molar-refractivity contribution in [2.75, 3.05) is 25.9 Å². The van der Waals surface area contributed by atoms with Crippen LogP contribution in [0.1, 0.15) is 51.1 Å². The van der Waals surface area contributed by atoms with Crippen LogP contribution in [-0.2, 0) is 0 Å². The van der Waals surface area contributed by atoms with E-state index >= 15 is 0 Å². The molecule has 4 nitrogen and oxygen atoms in total. The van der Waals surface area contributed by atoms with Crippen molar-refractivity contribution in [3.63, 3.8) is 0 Å². The van der Waals surface area contributed by atoms with Gasteiger partial charge in [0.25, 0.3) is 0 Å². The van der Waals surface area contributed by atoms with E-state index in [0.29, 0.717) is 10.8 Å². The molecule has 5 heteroatoms. The number of aromatic nitrogens is 1. The van der Waals surface area contributed by atoms with Gasteiger partial charge in [0.2, 0.25) is 0 Å². The van der Waals surface area contributed by atoms with E-state index in [4.69, 9.17) is 17.3 Å². The fraction of sp³-hybridized carbons (Fsp3) is 0.688. The van der Waals surface area contributed by atoms with Gasteiger partial charge in [-0.2, -0.15) is 0 Å². The average molecular weight is 311 g/mol. The molecule has 2 atom stereocenters. The van der Waals surface area contributed by atoms with Crippen LogP contribution in [0, 0.1) is 0 Å². The van der Waals surface area contributed by atoms with Crippen LogP contribution in [0.25, 0.3) is 0 Å². The molecular weight excluding hydrogens is 284 g/mol. The van der Waals surface area contributed by atoms with Crippen molar-refractivity contribution in [3.8, 4) is 0 Å².